The Balaban J connectivity index is 1.75. The molecule has 29 heavy (non-hydrogen) atoms. The molecule has 0 saturated heterocycles. The fourth-order valence-electron chi connectivity index (χ4n) is 2.32. The fourth-order valence-corrected chi connectivity index (χ4v) is 4.46. The van der Waals surface area contributed by atoms with E-state index < -0.39 is 0 Å². The van der Waals surface area contributed by atoms with Crippen molar-refractivity contribution in [3.8, 4) is 0 Å². The van der Waals surface area contributed by atoms with E-state index in [0.29, 0.717) is 8.64 Å². The highest BCUT2D eigenvalue weighted by molar-refractivity contribution is 8.23. The van der Waals surface area contributed by atoms with Gasteiger partial charge in [0.25, 0.3) is 0 Å². The molecule has 8 heteroatoms. The minimum atomic E-state index is -0.163. The van der Waals surface area contributed by atoms with E-state index in [1.165, 1.54) is 23.5 Å². The minimum Gasteiger partial charge on any atom is -0.353 e. The molecule has 0 bridgehead atoms. The molecule has 0 aliphatic carbocycles. The van der Waals surface area contributed by atoms with E-state index >= 15 is 0 Å². The molecular weight excluding hydrogens is 441 g/mol. The monoisotopic (exact) mass is 462 g/mol. The van der Waals surface area contributed by atoms with Gasteiger partial charge in [0.1, 0.15) is 8.64 Å². The lowest BCUT2D eigenvalue weighted by Gasteiger charge is -2.20. The smallest absolute Gasteiger partial charge is 0.159 e. The lowest BCUT2D eigenvalue weighted by Crippen LogP contribution is -2.33. The predicted molar refractivity (Wildman–Crippen MR) is 130 cm³/mol. The molecular formula is C21H22N2O2S4. The maximum absolute atomic E-state index is 12.3. The largest absolute Gasteiger partial charge is 0.353 e. The number of benzene rings is 2. The number of rotatable bonds is 8. The van der Waals surface area contributed by atoms with Crippen molar-refractivity contribution in [1.29, 1.82) is 0 Å². The highest BCUT2D eigenvalue weighted by Gasteiger charge is 2.17. The molecule has 0 amide bonds. The van der Waals surface area contributed by atoms with Gasteiger partial charge in [-0.05, 0) is 24.3 Å². The zero-order valence-electron chi connectivity index (χ0n) is 16.2. The molecule has 0 fully saturated rings. The van der Waals surface area contributed by atoms with Crippen LogP contribution in [0.1, 0.15) is 6.42 Å². The van der Waals surface area contributed by atoms with E-state index in [-0.39, 0.29) is 31.1 Å². The Morgan fingerprint density at radius 1 is 0.724 bits per heavy atom. The zero-order valence-corrected chi connectivity index (χ0v) is 19.5. The molecule has 0 N–H and O–H groups in total. The van der Waals surface area contributed by atoms with E-state index in [9.17, 15) is 9.59 Å². The molecule has 0 aliphatic heterocycles. The molecule has 0 heterocycles. The van der Waals surface area contributed by atoms with Crippen molar-refractivity contribution in [2.75, 3.05) is 27.2 Å². The number of ketones is 2. The Kier molecular flexibility index (Phi) is 9.80. The summed E-state index contributed by atoms with van der Waals surface area (Å²) < 4.78 is 1.18. The molecule has 152 valence electrons. The summed E-state index contributed by atoms with van der Waals surface area (Å²) in [6.45, 7) is 0.217. The summed E-state index contributed by atoms with van der Waals surface area (Å²) in [4.78, 5) is 30.0. The second-order valence-electron chi connectivity index (χ2n) is 6.33. The molecule has 4 nitrogen and oxygen atoms in total. The van der Waals surface area contributed by atoms with Crippen LogP contribution in [-0.4, -0.2) is 57.2 Å². The van der Waals surface area contributed by atoms with Crippen LogP contribution in [0.15, 0.2) is 70.5 Å². The van der Waals surface area contributed by atoms with Gasteiger partial charge >= 0.3 is 0 Å². The average molecular weight is 463 g/mol. The van der Waals surface area contributed by atoms with Crippen molar-refractivity contribution in [3.63, 3.8) is 0 Å². The fraction of sp³-hybridized carbons (Fsp3) is 0.238. The van der Waals surface area contributed by atoms with E-state index in [0.717, 1.165) is 9.79 Å². The average Bonchev–Trinajstić information content (AvgIpc) is 2.69. The Morgan fingerprint density at radius 2 is 1.07 bits per heavy atom. The number of hydrogen-bond acceptors (Lipinski definition) is 6. The Hall–Kier alpha value is -1.74. The van der Waals surface area contributed by atoms with Crippen LogP contribution in [0.2, 0.25) is 0 Å². The number of thiocarbonyl (C=S) groups is 2. The first-order chi connectivity index (χ1) is 13.8. The molecule has 2 rings (SSSR count). The van der Waals surface area contributed by atoms with Gasteiger partial charge in [0, 0.05) is 23.9 Å². The van der Waals surface area contributed by atoms with Crippen LogP contribution in [-0.2, 0) is 9.59 Å². The second-order valence-corrected chi connectivity index (χ2v) is 9.74. The lowest BCUT2D eigenvalue weighted by atomic mass is 10.2. The molecule has 0 saturated carbocycles. The van der Waals surface area contributed by atoms with Crippen LogP contribution in [0, 0.1) is 0 Å². The van der Waals surface area contributed by atoms with Gasteiger partial charge in [-0.2, -0.15) is 0 Å². The van der Waals surface area contributed by atoms with Gasteiger partial charge in [0.05, 0.1) is 19.5 Å². The van der Waals surface area contributed by atoms with Crippen LogP contribution in [0.3, 0.4) is 0 Å². The van der Waals surface area contributed by atoms with Gasteiger partial charge in [-0.1, -0.05) is 84.4 Å². The Labute approximate surface area is 191 Å². The number of nitrogens with zero attached hydrogens (tertiary/aromatic N) is 2. The van der Waals surface area contributed by atoms with Crippen LogP contribution >= 0.6 is 48.0 Å². The van der Waals surface area contributed by atoms with E-state index in [4.69, 9.17) is 24.4 Å². The van der Waals surface area contributed by atoms with Crippen molar-refractivity contribution in [2.24, 2.45) is 0 Å². The van der Waals surface area contributed by atoms with Crippen molar-refractivity contribution in [3.05, 3.63) is 60.7 Å². The van der Waals surface area contributed by atoms with Gasteiger partial charge in [-0.15, -0.1) is 0 Å². The Morgan fingerprint density at radius 3 is 1.41 bits per heavy atom. The zero-order chi connectivity index (χ0) is 21.2. The SMILES string of the molecule is CN(CC(=O)CC(=O)CN(C)C(=S)Sc1ccccc1)C(=S)Sc1ccccc1. The molecule has 2 aromatic carbocycles. The third-order valence-electron chi connectivity index (χ3n) is 3.74. The summed E-state index contributed by atoms with van der Waals surface area (Å²) >= 11 is 13.6. The van der Waals surface area contributed by atoms with Crippen LogP contribution in [0.4, 0.5) is 0 Å². The summed E-state index contributed by atoms with van der Waals surface area (Å²) in [6, 6.07) is 19.5. The van der Waals surface area contributed by atoms with Crippen LogP contribution in [0.5, 0.6) is 0 Å². The summed E-state index contributed by atoms with van der Waals surface area (Å²) in [7, 11) is 3.52. The summed E-state index contributed by atoms with van der Waals surface area (Å²) in [5, 5.41) is 0. The highest BCUT2D eigenvalue weighted by Crippen LogP contribution is 2.21. The van der Waals surface area contributed by atoms with Crippen molar-refractivity contribution < 1.29 is 9.59 Å². The van der Waals surface area contributed by atoms with E-state index in [1.807, 2.05) is 60.7 Å². The maximum Gasteiger partial charge on any atom is 0.159 e. The van der Waals surface area contributed by atoms with Gasteiger partial charge < -0.3 is 9.80 Å². The number of carbonyl (C=O) groups excluding carboxylic acids is 2. The van der Waals surface area contributed by atoms with Crippen molar-refractivity contribution in [1.82, 2.24) is 9.80 Å². The standard InChI is InChI=1S/C21H22N2O2S4/c1-22(20(26)28-18-9-5-3-6-10-18)14-16(24)13-17(25)15-23(2)21(27)29-19-11-7-4-8-12-19/h3-12H,13-15H2,1-2H3. The maximum atomic E-state index is 12.3. The third-order valence-corrected chi connectivity index (χ3v) is 6.85. The van der Waals surface area contributed by atoms with Crippen molar-refractivity contribution >= 4 is 68.2 Å². The number of thioether (sulfide) groups is 2. The summed E-state index contributed by atoms with van der Waals surface area (Å²) in [5.74, 6) is -0.327. The summed E-state index contributed by atoms with van der Waals surface area (Å²) in [5.41, 5.74) is 0. The highest BCUT2D eigenvalue weighted by atomic mass is 32.2. The van der Waals surface area contributed by atoms with Gasteiger partial charge in [-0.3, -0.25) is 9.59 Å². The molecule has 0 radical (unpaired) electrons. The van der Waals surface area contributed by atoms with E-state index in [2.05, 4.69) is 0 Å². The first-order valence-corrected chi connectivity index (χ1v) is 11.3. The number of likely N-dealkylation sites (N-methyl/N-ethyl adjacent to an activating group) is 2. The summed E-state index contributed by atoms with van der Waals surface area (Å²) in [6.07, 6.45) is -0.133. The quantitative estimate of drug-likeness (QED) is 0.322. The molecule has 0 aliphatic rings. The molecule has 2 aromatic rings. The number of hydrogen-bond donors (Lipinski definition) is 0. The van der Waals surface area contributed by atoms with Gasteiger partial charge in [-0.25, -0.2) is 0 Å². The normalized spacial score (nSPS) is 10.3. The molecule has 0 spiro atoms. The van der Waals surface area contributed by atoms with Gasteiger partial charge in [0.2, 0.25) is 0 Å². The molecule has 0 unspecified atom stereocenters. The van der Waals surface area contributed by atoms with Crippen LogP contribution in [0.25, 0.3) is 0 Å². The van der Waals surface area contributed by atoms with Gasteiger partial charge in [0.15, 0.2) is 11.6 Å². The van der Waals surface area contributed by atoms with Crippen molar-refractivity contribution in [2.45, 2.75) is 16.2 Å². The predicted octanol–water partition coefficient (Wildman–Crippen LogP) is 4.53. The first kappa shape index (κ1) is 23.5. The Bertz CT molecular complexity index is 788. The number of Topliss-reactive ketones (excluding diaryl/α,β-unsaturated/α-hetero) is 2. The minimum absolute atomic E-state index is 0.108. The third kappa shape index (κ3) is 8.65. The number of carbonyl (C=O) groups is 2. The first-order valence-electron chi connectivity index (χ1n) is 8.84. The van der Waals surface area contributed by atoms with E-state index in [1.54, 1.807) is 23.9 Å². The lowest BCUT2D eigenvalue weighted by molar-refractivity contribution is -0.127. The topological polar surface area (TPSA) is 40.6 Å². The second kappa shape index (κ2) is 12.1. The van der Waals surface area contributed by atoms with Crippen LogP contribution < -0.4 is 0 Å². The molecule has 0 atom stereocenters. The molecule has 0 aromatic heterocycles.